The third kappa shape index (κ3) is 1.12. The molecule has 54 valence electrons. The molecule has 1 atom stereocenters. The van der Waals surface area contributed by atoms with Crippen molar-refractivity contribution in [2.75, 3.05) is 0 Å². The summed E-state index contributed by atoms with van der Waals surface area (Å²) in [6.07, 6.45) is 3.09. The summed E-state index contributed by atoms with van der Waals surface area (Å²) in [5, 5.41) is 7.13. The van der Waals surface area contributed by atoms with Crippen LogP contribution in [0.3, 0.4) is 0 Å². The lowest BCUT2D eigenvalue weighted by Crippen LogP contribution is -2.24. The Labute approximate surface area is 57.8 Å². The van der Waals surface area contributed by atoms with Gasteiger partial charge in [0.25, 0.3) is 0 Å². The van der Waals surface area contributed by atoms with Gasteiger partial charge in [0, 0.05) is 6.20 Å². The number of nitrogens with zero attached hydrogens (tertiary/aromatic N) is 3. The van der Waals surface area contributed by atoms with Crippen molar-refractivity contribution in [3.05, 3.63) is 12.4 Å². The highest BCUT2D eigenvalue weighted by Crippen LogP contribution is 1.98. The molecule has 5 nitrogen and oxygen atoms in total. The minimum Gasteiger partial charge on any atom is -0.368 e. The van der Waals surface area contributed by atoms with E-state index in [0.29, 0.717) is 0 Å². The molecular formula is C5H8N4O. The van der Waals surface area contributed by atoms with E-state index in [-0.39, 0.29) is 0 Å². The molecule has 0 saturated heterocycles. The van der Waals surface area contributed by atoms with Gasteiger partial charge in [0.05, 0.1) is 6.20 Å². The Morgan fingerprint density at radius 1 is 1.80 bits per heavy atom. The molecule has 10 heavy (non-hydrogen) atoms. The van der Waals surface area contributed by atoms with Gasteiger partial charge >= 0.3 is 0 Å². The van der Waals surface area contributed by atoms with Gasteiger partial charge in [-0.3, -0.25) is 4.79 Å². The van der Waals surface area contributed by atoms with E-state index in [9.17, 15) is 4.79 Å². The number of hydrogen-bond acceptors (Lipinski definition) is 3. The molecule has 2 N–H and O–H groups in total. The van der Waals surface area contributed by atoms with Gasteiger partial charge in [0.15, 0.2) is 0 Å². The molecule has 1 rings (SSSR count). The number of carbonyl (C=O) groups is 1. The van der Waals surface area contributed by atoms with Crippen LogP contribution in [0.1, 0.15) is 13.0 Å². The van der Waals surface area contributed by atoms with Crippen LogP contribution in [0.2, 0.25) is 0 Å². The molecule has 1 aromatic rings. The van der Waals surface area contributed by atoms with Crippen LogP contribution >= 0.6 is 0 Å². The van der Waals surface area contributed by atoms with E-state index in [1.807, 2.05) is 0 Å². The molecule has 0 radical (unpaired) electrons. The molecule has 5 heteroatoms. The Bertz CT molecular complexity index is 218. The third-order valence-corrected chi connectivity index (χ3v) is 1.25. The Kier molecular flexibility index (Phi) is 1.66. The van der Waals surface area contributed by atoms with Crippen LogP contribution in [-0.4, -0.2) is 20.9 Å². The van der Waals surface area contributed by atoms with Crippen LogP contribution in [-0.2, 0) is 4.79 Å². The standard InChI is InChI=1S/C5H8N4O/c1-4(5(6)10)9-3-2-7-8-9/h2-4H,1H3,(H2,6,10). The van der Waals surface area contributed by atoms with Crippen LogP contribution in [0.5, 0.6) is 0 Å². The van der Waals surface area contributed by atoms with Crippen molar-refractivity contribution in [1.29, 1.82) is 0 Å². The van der Waals surface area contributed by atoms with Crippen LogP contribution in [0.25, 0.3) is 0 Å². The van der Waals surface area contributed by atoms with Crippen molar-refractivity contribution < 1.29 is 4.79 Å². The smallest absolute Gasteiger partial charge is 0.242 e. The largest absolute Gasteiger partial charge is 0.368 e. The lowest BCUT2D eigenvalue weighted by molar-refractivity contribution is -0.120. The predicted octanol–water partition coefficient (Wildman–Crippen LogP) is -0.676. The number of carbonyl (C=O) groups excluding carboxylic acids is 1. The van der Waals surface area contributed by atoms with Crippen molar-refractivity contribution in [2.45, 2.75) is 13.0 Å². The maximum atomic E-state index is 10.5. The Morgan fingerprint density at radius 3 is 2.90 bits per heavy atom. The SMILES string of the molecule is CC(C(N)=O)n1ccnn1. The van der Waals surface area contributed by atoms with Gasteiger partial charge in [-0.1, -0.05) is 5.21 Å². The van der Waals surface area contributed by atoms with Crippen molar-refractivity contribution in [2.24, 2.45) is 5.73 Å². The Balaban J connectivity index is 2.77. The Hall–Kier alpha value is -1.39. The fraction of sp³-hybridized carbons (Fsp3) is 0.400. The molecule has 1 unspecified atom stereocenters. The minimum atomic E-state index is -0.414. The number of primary amides is 1. The van der Waals surface area contributed by atoms with E-state index in [1.165, 1.54) is 10.9 Å². The van der Waals surface area contributed by atoms with Crippen molar-refractivity contribution in [3.63, 3.8) is 0 Å². The van der Waals surface area contributed by atoms with E-state index in [2.05, 4.69) is 10.3 Å². The molecule has 0 spiro atoms. The van der Waals surface area contributed by atoms with Crippen LogP contribution < -0.4 is 5.73 Å². The first-order chi connectivity index (χ1) is 4.72. The molecule has 0 aliphatic rings. The second-order valence-electron chi connectivity index (χ2n) is 1.96. The summed E-state index contributed by atoms with van der Waals surface area (Å²) in [6.45, 7) is 1.66. The highest BCUT2D eigenvalue weighted by atomic mass is 16.1. The number of hydrogen-bond donors (Lipinski definition) is 1. The highest BCUT2D eigenvalue weighted by molar-refractivity contribution is 5.77. The minimum absolute atomic E-state index is 0.412. The van der Waals surface area contributed by atoms with Gasteiger partial charge in [0.1, 0.15) is 6.04 Å². The predicted molar refractivity (Wildman–Crippen MR) is 33.9 cm³/mol. The van der Waals surface area contributed by atoms with Gasteiger partial charge in [-0.2, -0.15) is 0 Å². The highest BCUT2D eigenvalue weighted by Gasteiger charge is 2.09. The molecule has 0 fully saturated rings. The number of nitrogens with two attached hydrogens (primary N) is 1. The normalized spacial score (nSPS) is 12.9. The monoisotopic (exact) mass is 140 g/mol. The summed E-state index contributed by atoms with van der Waals surface area (Å²) in [5.41, 5.74) is 5.00. The van der Waals surface area contributed by atoms with Crippen molar-refractivity contribution >= 4 is 5.91 Å². The van der Waals surface area contributed by atoms with E-state index in [0.717, 1.165) is 0 Å². The molecule has 0 aliphatic carbocycles. The topological polar surface area (TPSA) is 73.8 Å². The fourth-order valence-corrected chi connectivity index (χ4v) is 0.554. The lowest BCUT2D eigenvalue weighted by atomic mass is 10.3. The number of amides is 1. The number of rotatable bonds is 2. The van der Waals surface area contributed by atoms with Crippen molar-refractivity contribution in [1.82, 2.24) is 15.0 Å². The van der Waals surface area contributed by atoms with E-state index in [1.54, 1.807) is 13.1 Å². The first-order valence-electron chi connectivity index (χ1n) is 2.87. The average molecular weight is 140 g/mol. The molecule has 0 aliphatic heterocycles. The second-order valence-corrected chi connectivity index (χ2v) is 1.96. The molecule has 1 aromatic heterocycles. The van der Waals surface area contributed by atoms with Gasteiger partial charge < -0.3 is 5.73 Å². The number of aromatic nitrogens is 3. The summed E-state index contributed by atoms with van der Waals surface area (Å²) in [5.74, 6) is -0.412. The second kappa shape index (κ2) is 2.47. The zero-order valence-electron chi connectivity index (χ0n) is 5.56. The first kappa shape index (κ1) is 6.73. The summed E-state index contributed by atoms with van der Waals surface area (Å²) < 4.78 is 1.41. The van der Waals surface area contributed by atoms with Crippen molar-refractivity contribution in [3.8, 4) is 0 Å². The fourth-order valence-electron chi connectivity index (χ4n) is 0.554. The van der Waals surface area contributed by atoms with E-state index >= 15 is 0 Å². The molecule has 1 heterocycles. The van der Waals surface area contributed by atoms with E-state index in [4.69, 9.17) is 5.73 Å². The third-order valence-electron chi connectivity index (χ3n) is 1.25. The van der Waals surface area contributed by atoms with Gasteiger partial charge in [-0.15, -0.1) is 5.10 Å². The zero-order chi connectivity index (χ0) is 7.56. The molecular weight excluding hydrogens is 132 g/mol. The maximum absolute atomic E-state index is 10.5. The average Bonchev–Trinajstić information content (AvgIpc) is 2.36. The Morgan fingerprint density at radius 2 is 2.50 bits per heavy atom. The van der Waals surface area contributed by atoms with Gasteiger partial charge in [-0.05, 0) is 6.92 Å². The summed E-state index contributed by atoms with van der Waals surface area (Å²) in [4.78, 5) is 10.5. The lowest BCUT2D eigenvalue weighted by Gasteiger charge is -2.04. The first-order valence-corrected chi connectivity index (χ1v) is 2.87. The molecule has 1 amide bonds. The van der Waals surface area contributed by atoms with E-state index < -0.39 is 11.9 Å². The molecule has 0 bridgehead atoms. The van der Waals surface area contributed by atoms with Gasteiger partial charge in [-0.25, -0.2) is 4.68 Å². The zero-order valence-corrected chi connectivity index (χ0v) is 5.56. The molecule has 0 aromatic carbocycles. The van der Waals surface area contributed by atoms with Crippen LogP contribution in [0.4, 0.5) is 0 Å². The maximum Gasteiger partial charge on any atom is 0.242 e. The summed E-state index contributed by atoms with van der Waals surface area (Å²) in [6, 6.07) is -0.414. The summed E-state index contributed by atoms with van der Waals surface area (Å²) >= 11 is 0. The quantitative estimate of drug-likeness (QED) is 0.591. The molecule has 0 saturated carbocycles. The van der Waals surface area contributed by atoms with Crippen LogP contribution in [0, 0.1) is 0 Å². The van der Waals surface area contributed by atoms with Crippen LogP contribution in [0.15, 0.2) is 12.4 Å². The summed E-state index contributed by atoms with van der Waals surface area (Å²) in [7, 11) is 0. The van der Waals surface area contributed by atoms with Gasteiger partial charge in [0.2, 0.25) is 5.91 Å².